The number of carbonyl (C=O) groups is 1. The van der Waals surface area contributed by atoms with Crippen LogP contribution in [-0.2, 0) is 24.6 Å². The van der Waals surface area contributed by atoms with E-state index in [1.807, 2.05) is 0 Å². The Morgan fingerprint density at radius 3 is 2.45 bits per heavy atom. The number of cyclic esters (lactones) is 2. The molecule has 0 aromatic heterocycles. The van der Waals surface area contributed by atoms with Gasteiger partial charge in [0.15, 0.2) is 6.10 Å². The number of rotatable bonds is 2. The van der Waals surface area contributed by atoms with Crippen LogP contribution in [0, 0.1) is 0 Å². The Labute approximate surface area is 64.2 Å². The lowest BCUT2D eigenvalue weighted by atomic mass is 10.4. The molecule has 0 aromatic carbocycles. The molecular formula is C4H6O6S. The van der Waals surface area contributed by atoms with Crippen molar-refractivity contribution < 1.29 is 26.9 Å². The molecule has 6 nitrogen and oxygen atoms in total. The summed E-state index contributed by atoms with van der Waals surface area (Å²) in [6.07, 6.45) is -2.74. The topological polar surface area (TPSA) is 78.9 Å². The molecule has 2 unspecified atom stereocenters. The van der Waals surface area contributed by atoms with Crippen molar-refractivity contribution in [2.75, 3.05) is 0 Å². The third-order valence-electron chi connectivity index (χ3n) is 1.07. The van der Waals surface area contributed by atoms with Crippen LogP contribution in [0.1, 0.15) is 6.92 Å². The Hall–Kier alpha value is -0.820. The number of thiol groups is 1. The zero-order valence-electron chi connectivity index (χ0n) is 5.55. The van der Waals surface area contributed by atoms with Gasteiger partial charge in [0.1, 0.15) is 0 Å². The molecule has 7 heteroatoms. The smallest absolute Gasteiger partial charge is 0.424 e. The second-order valence-electron chi connectivity index (χ2n) is 1.89. The first-order valence-corrected chi connectivity index (χ1v) is 3.87. The van der Waals surface area contributed by atoms with Gasteiger partial charge >= 0.3 is 6.16 Å². The SMILES string of the molecule is CC1OC(=O)OC1O[SH](=O)=O. The van der Waals surface area contributed by atoms with Gasteiger partial charge in [0, 0.05) is 0 Å². The highest BCUT2D eigenvalue weighted by Crippen LogP contribution is 2.15. The molecular weight excluding hydrogens is 176 g/mol. The van der Waals surface area contributed by atoms with E-state index in [4.69, 9.17) is 0 Å². The normalized spacial score (nSPS) is 30.2. The molecule has 0 amide bonds. The van der Waals surface area contributed by atoms with Crippen LogP contribution in [-0.4, -0.2) is 27.0 Å². The van der Waals surface area contributed by atoms with E-state index in [1.165, 1.54) is 6.92 Å². The Morgan fingerprint density at radius 2 is 2.09 bits per heavy atom. The van der Waals surface area contributed by atoms with Gasteiger partial charge in [-0.2, -0.15) is 0 Å². The minimum Gasteiger partial charge on any atom is -0.424 e. The minimum absolute atomic E-state index is 0.685. The molecule has 0 aromatic rings. The second kappa shape index (κ2) is 3.05. The number of ether oxygens (including phenoxy) is 2. The van der Waals surface area contributed by atoms with Gasteiger partial charge in [0.25, 0.3) is 17.3 Å². The first kappa shape index (κ1) is 8.28. The summed E-state index contributed by atoms with van der Waals surface area (Å²) in [5.74, 6) is 0. The highest BCUT2D eigenvalue weighted by Gasteiger charge is 2.34. The van der Waals surface area contributed by atoms with Gasteiger partial charge in [-0.1, -0.05) is 0 Å². The van der Waals surface area contributed by atoms with Crippen LogP contribution in [0.2, 0.25) is 0 Å². The van der Waals surface area contributed by atoms with E-state index in [9.17, 15) is 13.2 Å². The summed E-state index contributed by atoms with van der Waals surface area (Å²) in [5.41, 5.74) is 0. The van der Waals surface area contributed by atoms with Crippen LogP contribution in [0.15, 0.2) is 0 Å². The van der Waals surface area contributed by atoms with Gasteiger partial charge in [0.2, 0.25) is 0 Å². The first-order chi connectivity index (χ1) is 5.09. The molecule has 1 rings (SSSR count). The predicted octanol–water partition coefficient (Wildman–Crippen LogP) is -0.589. The van der Waals surface area contributed by atoms with E-state index in [0.29, 0.717) is 0 Å². The maximum Gasteiger partial charge on any atom is 0.511 e. The molecule has 1 fully saturated rings. The van der Waals surface area contributed by atoms with Gasteiger partial charge < -0.3 is 9.47 Å². The van der Waals surface area contributed by atoms with Gasteiger partial charge in [0.05, 0.1) is 0 Å². The Kier molecular flexibility index (Phi) is 2.30. The summed E-state index contributed by atoms with van der Waals surface area (Å²) in [5, 5.41) is 0. The van der Waals surface area contributed by atoms with Crippen molar-refractivity contribution in [3.63, 3.8) is 0 Å². The molecule has 11 heavy (non-hydrogen) atoms. The molecule has 0 saturated carbocycles. The van der Waals surface area contributed by atoms with Crippen LogP contribution in [0.5, 0.6) is 0 Å². The van der Waals surface area contributed by atoms with Gasteiger partial charge in [-0.05, 0) is 6.92 Å². The number of hydrogen-bond acceptors (Lipinski definition) is 6. The van der Waals surface area contributed by atoms with Gasteiger partial charge in [-0.25, -0.2) is 17.4 Å². The van der Waals surface area contributed by atoms with Crippen LogP contribution < -0.4 is 0 Å². The van der Waals surface area contributed by atoms with Crippen molar-refractivity contribution in [2.45, 2.75) is 19.3 Å². The number of carbonyl (C=O) groups excluding carboxylic acids is 1. The van der Waals surface area contributed by atoms with E-state index >= 15 is 0 Å². The summed E-state index contributed by atoms with van der Waals surface area (Å²) in [4.78, 5) is 10.3. The third-order valence-corrected chi connectivity index (χ3v) is 1.45. The highest BCUT2D eigenvalue weighted by atomic mass is 32.2. The predicted molar refractivity (Wildman–Crippen MR) is 32.2 cm³/mol. The van der Waals surface area contributed by atoms with Crippen LogP contribution in [0.4, 0.5) is 4.79 Å². The lowest BCUT2D eigenvalue weighted by molar-refractivity contribution is -0.00903. The maximum absolute atomic E-state index is 10.3. The summed E-state index contributed by atoms with van der Waals surface area (Å²) in [6, 6.07) is 0. The lowest BCUT2D eigenvalue weighted by Crippen LogP contribution is -2.21. The van der Waals surface area contributed by atoms with Crippen molar-refractivity contribution in [1.82, 2.24) is 0 Å². The monoisotopic (exact) mass is 182 g/mol. The Morgan fingerprint density at radius 1 is 1.45 bits per heavy atom. The average Bonchev–Trinajstić information content (AvgIpc) is 2.09. The Balaban J connectivity index is 2.53. The van der Waals surface area contributed by atoms with Crippen molar-refractivity contribution in [2.24, 2.45) is 0 Å². The molecule has 0 spiro atoms. The van der Waals surface area contributed by atoms with E-state index in [0.717, 1.165) is 0 Å². The summed E-state index contributed by atoms with van der Waals surface area (Å²) in [6.45, 7) is 1.47. The third kappa shape index (κ3) is 2.05. The molecule has 1 aliphatic rings. The zero-order chi connectivity index (χ0) is 8.43. The fourth-order valence-electron chi connectivity index (χ4n) is 0.618. The molecule has 0 aliphatic carbocycles. The molecule has 1 heterocycles. The Bertz CT molecular complexity index is 225. The molecule has 1 saturated heterocycles. The summed E-state index contributed by atoms with van der Waals surface area (Å²) >= 11 is 0. The van der Waals surface area contributed by atoms with E-state index in [1.54, 1.807) is 0 Å². The standard InChI is InChI=1S/C4H6O6S/c1-2-3(10-11(6)7)9-4(5)8-2/h2-3,11H,1H3. The van der Waals surface area contributed by atoms with E-state index < -0.39 is 29.5 Å². The van der Waals surface area contributed by atoms with Gasteiger partial charge in [-0.15, -0.1) is 0 Å². The summed E-state index contributed by atoms with van der Waals surface area (Å²) in [7, 11) is -3.01. The summed E-state index contributed by atoms with van der Waals surface area (Å²) < 4.78 is 32.9. The van der Waals surface area contributed by atoms with Crippen molar-refractivity contribution in [3.05, 3.63) is 0 Å². The largest absolute Gasteiger partial charge is 0.511 e. The molecule has 1 aliphatic heterocycles. The van der Waals surface area contributed by atoms with Crippen LogP contribution in [0.3, 0.4) is 0 Å². The lowest BCUT2D eigenvalue weighted by Gasteiger charge is -2.05. The fraction of sp³-hybridized carbons (Fsp3) is 0.750. The fourth-order valence-corrected chi connectivity index (χ4v) is 1.00. The second-order valence-corrected chi connectivity index (χ2v) is 2.55. The molecule has 2 atom stereocenters. The van der Waals surface area contributed by atoms with Crippen LogP contribution >= 0.6 is 0 Å². The van der Waals surface area contributed by atoms with Crippen molar-refractivity contribution in [3.8, 4) is 0 Å². The average molecular weight is 182 g/mol. The van der Waals surface area contributed by atoms with E-state index in [-0.39, 0.29) is 0 Å². The zero-order valence-corrected chi connectivity index (χ0v) is 6.45. The first-order valence-electron chi connectivity index (χ1n) is 2.78. The maximum atomic E-state index is 10.3. The quantitative estimate of drug-likeness (QED) is 0.454. The molecule has 0 N–H and O–H groups in total. The molecule has 64 valence electrons. The van der Waals surface area contributed by atoms with E-state index in [2.05, 4.69) is 13.7 Å². The minimum atomic E-state index is -3.01. The van der Waals surface area contributed by atoms with Gasteiger partial charge in [-0.3, -0.25) is 0 Å². The van der Waals surface area contributed by atoms with Crippen LogP contribution in [0.25, 0.3) is 0 Å². The number of hydrogen-bond donors (Lipinski definition) is 1. The molecule has 0 radical (unpaired) electrons. The molecule has 0 bridgehead atoms. The highest BCUT2D eigenvalue weighted by molar-refractivity contribution is 7.67. The van der Waals surface area contributed by atoms with Crippen molar-refractivity contribution in [1.29, 1.82) is 0 Å². The van der Waals surface area contributed by atoms with Crippen molar-refractivity contribution >= 4 is 17.1 Å².